The Balaban J connectivity index is 1.55. The van der Waals surface area contributed by atoms with Gasteiger partial charge in [-0.15, -0.1) is 0 Å². The third-order valence-electron chi connectivity index (χ3n) is 6.85. The summed E-state index contributed by atoms with van der Waals surface area (Å²) in [6, 6.07) is 31.8. The van der Waals surface area contributed by atoms with Crippen molar-refractivity contribution in [3.63, 3.8) is 0 Å². The summed E-state index contributed by atoms with van der Waals surface area (Å²) >= 11 is 0. The van der Waals surface area contributed by atoms with Crippen molar-refractivity contribution in [3.05, 3.63) is 142 Å². The molecule has 0 atom stereocenters. The second-order valence-electron chi connectivity index (χ2n) is 9.59. The van der Waals surface area contributed by atoms with E-state index in [1.807, 2.05) is 96.4 Å². The number of nitrogens with zero attached hydrogens (tertiary/aromatic N) is 2. The van der Waals surface area contributed by atoms with Crippen molar-refractivity contribution in [1.82, 2.24) is 9.80 Å². The zero-order valence-electron chi connectivity index (χ0n) is 20.8. The molecule has 0 N–H and O–H groups in total. The Labute approximate surface area is 212 Å². The first-order valence-electron chi connectivity index (χ1n) is 12.3. The van der Waals surface area contributed by atoms with Crippen LogP contribution in [0.2, 0.25) is 0 Å². The van der Waals surface area contributed by atoms with Crippen molar-refractivity contribution in [1.29, 1.82) is 0 Å². The molecular weight excluding hydrogens is 444 g/mol. The summed E-state index contributed by atoms with van der Waals surface area (Å²) < 4.78 is 0. The van der Waals surface area contributed by atoms with Crippen molar-refractivity contribution >= 4 is 11.8 Å². The van der Waals surface area contributed by atoms with E-state index < -0.39 is 0 Å². The third-order valence-corrected chi connectivity index (χ3v) is 6.85. The van der Waals surface area contributed by atoms with Crippen molar-refractivity contribution < 1.29 is 9.59 Å². The molecule has 0 aliphatic carbocycles. The van der Waals surface area contributed by atoms with Crippen LogP contribution in [0.4, 0.5) is 0 Å². The first-order chi connectivity index (χ1) is 17.5. The minimum absolute atomic E-state index is 0.00719. The third kappa shape index (κ3) is 5.08. The van der Waals surface area contributed by atoms with E-state index in [2.05, 4.69) is 24.3 Å². The molecule has 4 aromatic rings. The highest BCUT2D eigenvalue weighted by atomic mass is 16.2. The summed E-state index contributed by atoms with van der Waals surface area (Å²) in [4.78, 5) is 31.1. The summed E-state index contributed by atoms with van der Waals surface area (Å²) in [7, 11) is 0. The van der Waals surface area contributed by atoms with E-state index in [0.717, 1.165) is 33.4 Å². The summed E-state index contributed by atoms with van der Waals surface area (Å²) in [6.07, 6.45) is 0. The molecule has 36 heavy (non-hydrogen) atoms. The first-order valence-corrected chi connectivity index (χ1v) is 12.3. The smallest absolute Gasteiger partial charge is 0.254 e. The number of amides is 2. The normalized spacial score (nSPS) is 13.5. The summed E-state index contributed by atoms with van der Waals surface area (Å²) in [5.74, 6) is 0.0144. The lowest BCUT2D eigenvalue weighted by molar-refractivity contribution is 0.0698. The lowest BCUT2D eigenvalue weighted by Crippen LogP contribution is -2.35. The van der Waals surface area contributed by atoms with Crippen molar-refractivity contribution in [2.75, 3.05) is 0 Å². The van der Waals surface area contributed by atoms with Crippen LogP contribution >= 0.6 is 0 Å². The summed E-state index contributed by atoms with van der Waals surface area (Å²) in [6.45, 7) is 5.95. The molecule has 5 rings (SSSR count). The van der Waals surface area contributed by atoms with E-state index in [-0.39, 0.29) is 11.8 Å². The molecule has 0 fully saturated rings. The Bertz CT molecular complexity index is 1230. The Kier molecular flexibility index (Phi) is 6.68. The topological polar surface area (TPSA) is 40.6 Å². The number of hydrogen-bond acceptors (Lipinski definition) is 2. The van der Waals surface area contributed by atoms with E-state index >= 15 is 0 Å². The zero-order chi connectivity index (χ0) is 25.1. The number of fused-ring (bicyclic) bond motifs is 2. The van der Waals surface area contributed by atoms with E-state index in [0.29, 0.717) is 37.3 Å². The highest BCUT2D eigenvalue weighted by molar-refractivity contribution is 5.95. The zero-order valence-corrected chi connectivity index (χ0v) is 20.8. The van der Waals surface area contributed by atoms with Gasteiger partial charge in [-0.2, -0.15) is 0 Å². The van der Waals surface area contributed by atoms with Crippen LogP contribution in [0.1, 0.15) is 54.1 Å². The maximum absolute atomic E-state index is 13.6. The van der Waals surface area contributed by atoms with Gasteiger partial charge in [0.25, 0.3) is 11.8 Å². The highest BCUT2D eigenvalue weighted by Gasteiger charge is 2.24. The van der Waals surface area contributed by atoms with Crippen molar-refractivity contribution in [2.24, 2.45) is 0 Å². The summed E-state index contributed by atoms with van der Waals surface area (Å²) in [5, 5.41) is 0. The van der Waals surface area contributed by atoms with Gasteiger partial charge in [0.1, 0.15) is 0 Å². The molecule has 0 radical (unpaired) electrons. The lowest BCUT2D eigenvalue weighted by Gasteiger charge is -2.31. The number of hydrogen-bond donors (Lipinski definition) is 0. The van der Waals surface area contributed by atoms with E-state index in [1.54, 1.807) is 0 Å². The molecule has 0 spiro atoms. The van der Waals surface area contributed by atoms with E-state index in [1.165, 1.54) is 0 Å². The minimum atomic E-state index is 0.00719. The van der Waals surface area contributed by atoms with Gasteiger partial charge in [0.2, 0.25) is 0 Å². The van der Waals surface area contributed by atoms with Crippen LogP contribution in [-0.4, -0.2) is 21.6 Å². The molecule has 1 heterocycles. The molecule has 0 saturated carbocycles. The fourth-order valence-electron chi connectivity index (χ4n) is 4.71. The van der Waals surface area contributed by atoms with Crippen LogP contribution < -0.4 is 0 Å². The molecule has 0 unspecified atom stereocenters. The number of rotatable bonds is 2. The Morgan fingerprint density at radius 3 is 1.03 bits per heavy atom. The quantitative estimate of drug-likeness (QED) is 0.342. The van der Waals surface area contributed by atoms with Crippen LogP contribution in [0.5, 0.6) is 0 Å². The van der Waals surface area contributed by atoms with Crippen LogP contribution in [0, 0.1) is 13.8 Å². The van der Waals surface area contributed by atoms with Crippen molar-refractivity contribution in [3.8, 4) is 0 Å². The molecule has 4 heteroatoms. The molecule has 1 aliphatic heterocycles. The predicted molar refractivity (Wildman–Crippen MR) is 142 cm³/mol. The van der Waals surface area contributed by atoms with E-state index in [4.69, 9.17) is 0 Å². The fourth-order valence-corrected chi connectivity index (χ4v) is 4.71. The number of carbonyl (C=O) groups excluding carboxylic acids is 2. The Morgan fingerprint density at radius 2 is 0.750 bits per heavy atom. The lowest BCUT2D eigenvalue weighted by atomic mass is 10.00. The van der Waals surface area contributed by atoms with Gasteiger partial charge in [0.05, 0.1) is 0 Å². The number of benzene rings is 4. The molecule has 4 aromatic carbocycles. The largest absolute Gasteiger partial charge is 0.330 e. The standard InChI is InChI=1S/C32H30N2O2/c1-23-11-15-25(16-12-23)31(35)33-19-27-7-3-5-9-29(27)21-34(22-30-10-6-4-8-28(30)20-33)32(36)26-17-13-24(2)14-18-26/h3-18H,19-22H2,1-2H3. The van der Waals surface area contributed by atoms with Crippen molar-refractivity contribution in [2.45, 2.75) is 40.0 Å². The van der Waals surface area contributed by atoms with Gasteiger partial charge >= 0.3 is 0 Å². The average Bonchev–Trinajstić information content (AvgIpc) is 2.90. The SMILES string of the molecule is Cc1ccc(C(=O)N2Cc3ccccc3CN(C(=O)c3ccc(C)cc3)Cc3ccccc3C2)cc1. The number of carbonyl (C=O) groups is 2. The molecule has 0 saturated heterocycles. The maximum atomic E-state index is 13.6. The predicted octanol–water partition coefficient (Wildman–Crippen LogP) is 6.30. The highest BCUT2D eigenvalue weighted by Crippen LogP contribution is 2.25. The van der Waals surface area contributed by atoms with Gasteiger partial charge in [-0.05, 0) is 60.4 Å². The van der Waals surface area contributed by atoms with Gasteiger partial charge in [-0.1, -0.05) is 83.9 Å². The van der Waals surface area contributed by atoms with Gasteiger partial charge in [0, 0.05) is 37.3 Å². The average molecular weight is 475 g/mol. The second kappa shape index (κ2) is 10.2. The molecule has 4 nitrogen and oxygen atoms in total. The number of aryl methyl sites for hydroxylation is 2. The minimum Gasteiger partial charge on any atom is -0.330 e. The second-order valence-corrected chi connectivity index (χ2v) is 9.59. The van der Waals surface area contributed by atoms with Gasteiger partial charge in [0.15, 0.2) is 0 Å². The Hall–Kier alpha value is -4.18. The first kappa shape index (κ1) is 23.6. The molecule has 2 amide bonds. The van der Waals surface area contributed by atoms with Gasteiger partial charge in [-0.3, -0.25) is 9.59 Å². The fraction of sp³-hybridized carbons (Fsp3) is 0.188. The van der Waals surface area contributed by atoms with Crippen LogP contribution in [0.15, 0.2) is 97.1 Å². The molecular formula is C32H30N2O2. The van der Waals surface area contributed by atoms with Crippen LogP contribution in [-0.2, 0) is 26.2 Å². The van der Waals surface area contributed by atoms with Gasteiger partial charge < -0.3 is 9.80 Å². The Morgan fingerprint density at radius 1 is 0.472 bits per heavy atom. The van der Waals surface area contributed by atoms with Crippen LogP contribution in [0.3, 0.4) is 0 Å². The molecule has 1 aliphatic rings. The molecule has 0 bridgehead atoms. The van der Waals surface area contributed by atoms with Crippen LogP contribution in [0.25, 0.3) is 0 Å². The molecule has 0 aromatic heterocycles. The van der Waals surface area contributed by atoms with E-state index in [9.17, 15) is 9.59 Å². The maximum Gasteiger partial charge on any atom is 0.254 e. The summed E-state index contributed by atoms with van der Waals surface area (Å²) in [5.41, 5.74) is 7.84. The molecule has 180 valence electrons. The monoisotopic (exact) mass is 474 g/mol. The van der Waals surface area contributed by atoms with Gasteiger partial charge in [-0.25, -0.2) is 0 Å².